The second-order valence-corrected chi connectivity index (χ2v) is 6.34. The summed E-state index contributed by atoms with van der Waals surface area (Å²) in [5, 5.41) is 3.12. The lowest BCUT2D eigenvalue weighted by Crippen LogP contribution is -2.27. The van der Waals surface area contributed by atoms with Crippen molar-refractivity contribution in [1.29, 1.82) is 0 Å². The summed E-state index contributed by atoms with van der Waals surface area (Å²) in [7, 11) is 1.48. The van der Waals surface area contributed by atoms with Crippen LogP contribution in [0.1, 0.15) is 24.2 Å². The minimum absolute atomic E-state index is 0. The van der Waals surface area contributed by atoms with Crippen LogP contribution in [0.2, 0.25) is 5.02 Å². The highest BCUT2D eigenvalue weighted by atomic mass is 35.5. The Bertz CT molecular complexity index is 770. The first-order valence-electron chi connectivity index (χ1n) is 8.88. The van der Waals surface area contributed by atoms with Crippen LogP contribution in [0.5, 0.6) is 11.5 Å². The van der Waals surface area contributed by atoms with Crippen LogP contribution in [-0.2, 0) is 0 Å². The first-order valence-corrected chi connectivity index (χ1v) is 9.25. The van der Waals surface area contributed by atoms with Gasteiger partial charge in [0.15, 0.2) is 0 Å². The summed E-state index contributed by atoms with van der Waals surface area (Å²) in [5.74, 6) is 0.794. The number of benzene rings is 2. The highest BCUT2D eigenvalue weighted by Gasteiger charge is 2.15. The maximum absolute atomic E-state index is 12.5. The van der Waals surface area contributed by atoms with Gasteiger partial charge >= 0.3 is 0 Å². The zero-order valence-corrected chi connectivity index (χ0v) is 19.1. The monoisotopic (exact) mass is 463 g/mol. The lowest BCUT2D eigenvalue weighted by atomic mass is 10.1. The molecular formula is C20H28Cl3N3O3. The average molecular weight is 465 g/mol. The number of nitrogens with one attached hydrogen (secondary N) is 1. The molecule has 29 heavy (non-hydrogen) atoms. The number of hydrogen-bond donors (Lipinski definition) is 2. The standard InChI is InChI=1S/C20H26ClN3O3.2ClH/c1-4-24(5-2)10-11-27-15-8-6-14(7-9-15)23-20(25)16-12-17(21)18(22)13-19(16)26-3;;/h6-9,12-13H,4-5,10-11,22H2,1-3H3,(H,23,25);2*1H. The van der Waals surface area contributed by atoms with Crippen molar-refractivity contribution in [2.24, 2.45) is 0 Å². The molecule has 0 saturated heterocycles. The topological polar surface area (TPSA) is 76.8 Å². The van der Waals surface area contributed by atoms with E-state index in [1.807, 2.05) is 12.1 Å². The summed E-state index contributed by atoms with van der Waals surface area (Å²) in [5.41, 5.74) is 7.07. The second kappa shape index (κ2) is 13.4. The molecule has 0 aliphatic rings. The lowest BCUT2D eigenvalue weighted by molar-refractivity contribution is 0.102. The molecular weight excluding hydrogens is 437 g/mol. The van der Waals surface area contributed by atoms with Gasteiger partial charge in [-0.1, -0.05) is 25.4 Å². The molecule has 0 heterocycles. The number of methoxy groups -OCH3 is 1. The van der Waals surface area contributed by atoms with Gasteiger partial charge in [0, 0.05) is 18.3 Å². The Balaban J connectivity index is 0.00000392. The lowest BCUT2D eigenvalue weighted by Gasteiger charge is -2.18. The molecule has 0 unspecified atom stereocenters. The molecule has 1 amide bonds. The summed E-state index contributed by atoms with van der Waals surface area (Å²) in [6.45, 7) is 7.76. The number of amides is 1. The minimum atomic E-state index is -0.330. The number of carbonyl (C=O) groups excluding carboxylic acids is 1. The molecule has 0 aliphatic carbocycles. The van der Waals surface area contributed by atoms with Gasteiger partial charge in [0.25, 0.3) is 5.91 Å². The van der Waals surface area contributed by atoms with Gasteiger partial charge < -0.3 is 25.4 Å². The van der Waals surface area contributed by atoms with Crippen LogP contribution >= 0.6 is 36.4 Å². The maximum atomic E-state index is 12.5. The van der Waals surface area contributed by atoms with Gasteiger partial charge in [0.05, 0.1) is 23.4 Å². The Hall–Kier alpha value is -1.86. The largest absolute Gasteiger partial charge is 0.496 e. The fourth-order valence-corrected chi connectivity index (χ4v) is 2.74. The van der Waals surface area contributed by atoms with Gasteiger partial charge in [0.2, 0.25) is 0 Å². The first kappa shape index (κ1) is 27.1. The van der Waals surface area contributed by atoms with Crippen LogP contribution in [-0.4, -0.2) is 44.2 Å². The van der Waals surface area contributed by atoms with Crippen molar-refractivity contribution in [2.45, 2.75) is 13.8 Å². The molecule has 3 N–H and O–H groups in total. The van der Waals surface area contributed by atoms with Crippen LogP contribution in [0.15, 0.2) is 36.4 Å². The Labute approximate surface area is 189 Å². The molecule has 162 valence electrons. The molecule has 0 atom stereocenters. The number of nitrogen functional groups attached to an aromatic ring is 1. The fraction of sp³-hybridized carbons (Fsp3) is 0.350. The van der Waals surface area contributed by atoms with Crippen molar-refractivity contribution >= 4 is 53.7 Å². The van der Waals surface area contributed by atoms with Crippen LogP contribution in [0.3, 0.4) is 0 Å². The first-order chi connectivity index (χ1) is 13.0. The highest BCUT2D eigenvalue weighted by Crippen LogP contribution is 2.29. The molecule has 0 spiro atoms. The minimum Gasteiger partial charge on any atom is -0.496 e. The number of nitrogens with zero attached hydrogens (tertiary/aromatic N) is 1. The van der Waals surface area contributed by atoms with Crippen LogP contribution in [0.4, 0.5) is 11.4 Å². The molecule has 0 saturated carbocycles. The van der Waals surface area contributed by atoms with Crippen LogP contribution in [0.25, 0.3) is 0 Å². The summed E-state index contributed by atoms with van der Waals surface area (Å²) < 4.78 is 11.0. The fourth-order valence-electron chi connectivity index (χ4n) is 2.58. The summed E-state index contributed by atoms with van der Waals surface area (Å²) in [4.78, 5) is 14.8. The third-order valence-corrected chi connectivity index (χ3v) is 4.57. The van der Waals surface area contributed by atoms with Crippen molar-refractivity contribution in [3.63, 3.8) is 0 Å². The van der Waals surface area contributed by atoms with Crippen molar-refractivity contribution in [1.82, 2.24) is 4.90 Å². The van der Waals surface area contributed by atoms with Gasteiger partial charge in [-0.3, -0.25) is 4.79 Å². The summed E-state index contributed by atoms with van der Waals surface area (Å²) in [6.07, 6.45) is 0. The Morgan fingerprint density at radius 2 is 1.76 bits per heavy atom. The van der Waals surface area contributed by atoms with E-state index in [1.54, 1.807) is 12.1 Å². The number of hydrogen-bond acceptors (Lipinski definition) is 5. The van der Waals surface area contributed by atoms with E-state index in [0.29, 0.717) is 34.3 Å². The molecule has 9 heteroatoms. The van der Waals surface area contributed by atoms with Gasteiger partial charge in [-0.15, -0.1) is 24.8 Å². The quantitative estimate of drug-likeness (QED) is 0.524. The van der Waals surface area contributed by atoms with E-state index in [1.165, 1.54) is 19.2 Å². The molecule has 6 nitrogen and oxygen atoms in total. The zero-order valence-electron chi connectivity index (χ0n) is 16.7. The van der Waals surface area contributed by atoms with Crippen LogP contribution in [0, 0.1) is 0 Å². The molecule has 0 aliphatic heterocycles. The molecule has 2 aromatic carbocycles. The van der Waals surface area contributed by atoms with Gasteiger partial charge in [-0.05, 0) is 43.4 Å². The van der Waals surface area contributed by atoms with E-state index < -0.39 is 0 Å². The number of rotatable bonds is 9. The molecule has 2 rings (SSSR count). The highest BCUT2D eigenvalue weighted by molar-refractivity contribution is 6.33. The number of carbonyl (C=O) groups is 1. The third kappa shape index (κ3) is 7.82. The smallest absolute Gasteiger partial charge is 0.259 e. The second-order valence-electron chi connectivity index (χ2n) is 5.93. The molecule has 0 aromatic heterocycles. The normalized spacial score (nSPS) is 9.97. The van der Waals surface area contributed by atoms with Crippen LogP contribution < -0.4 is 20.5 Å². The molecule has 0 radical (unpaired) electrons. The van der Waals surface area contributed by atoms with E-state index in [-0.39, 0.29) is 30.7 Å². The molecule has 0 fully saturated rings. The zero-order chi connectivity index (χ0) is 19.8. The number of nitrogens with two attached hydrogens (primary N) is 1. The van der Waals surface area contributed by atoms with E-state index >= 15 is 0 Å². The Morgan fingerprint density at radius 1 is 1.14 bits per heavy atom. The summed E-state index contributed by atoms with van der Waals surface area (Å²) in [6, 6.07) is 10.3. The van der Waals surface area contributed by atoms with Crippen molar-refractivity contribution in [3.05, 3.63) is 47.0 Å². The van der Waals surface area contributed by atoms with Crippen molar-refractivity contribution in [3.8, 4) is 11.5 Å². The van der Waals surface area contributed by atoms with Gasteiger partial charge in [-0.25, -0.2) is 0 Å². The van der Waals surface area contributed by atoms with Crippen molar-refractivity contribution < 1.29 is 14.3 Å². The Morgan fingerprint density at radius 3 is 2.31 bits per heavy atom. The van der Waals surface area contributed by atoms with E-state index in [2.05, 4.69) is 24.1 Å². The summed E-state index contributed by atoms with van der Waals surface area (Å²) >= 11 is 6.02. The molecule has 0 bridgehead atoms. The van der Waals surface area contributed by atoms with E-state index in [9.17, 15) is 4.79 Å². The predicted octanol–water partition coefficient (Wildman–Crippen LogP) is 4.75. The predicted molar refractivity (Wildman–Crippen MR) is 125 cm³/mol. The Kier molecular flexibility index (Phi) is 12.5. The number of anilines is 2. The average Bonchev–Trinajstić information content (AvgIpc) is 2.68. The SMILES string of the molecule is CCN(CC)CCOc1ccc(NC(=O)c2cc(Cl)c(N)cc2OC)cc1.Cl.Cl. The number of halogens is 3. The van der Waals surface area contributed by atoms with Gasteiger partial charge in [0.1, 0.15) is 18.1 Å². The maximum Gasteiger partial charge on any atom is 0.259 e. The molecule has 2 aromatic rings. The van der Waals surface area contributed by atoms with E-state index in [4.69, 9.17) is 26.8 Å². The number of likely N-dealkylation sites (N-methyl/N-ethyl adjacent to an activating group) is 1. The van der Waals surface area contributed by atoms with E-state index in [0.717, 1.165) is 25.4 Å². The number of ether oxygens (including phenoxy) is 2. The third-order valence-electron chi connectivity index (χ3n) is 4.25. The van der Waals surface area contributed by atoms with Gasteiger partial charge in [-0.2, -0.15) is 0 Å². The van der Waals surface area contributed by atoms with Crippen molar-refractivity contribution in [2.75, 3.05) is 44.4 Å².